The molecule has 23 heavy (non-hydrogen) atoms. The molecule has 0 bridgehead atoms. The monoisotopic (exact) mass is 330 g/mol. The van der Waals surface area contributed by atoms with Crippen molar-refractivity contribution >= 4 is 18.3 Å². The number of hydrogen-bond acceptors (Lipinski definition) is 2. The Kier molecular flexibility index (Phi) is 6.20. The van der Waals surface area contributed by atoms with E-state index in [9.17, 15) is 4.79 Å². The number of benzene rings is 2. The van der Waals surface area contributed by atoms with Crippen LogP contribution in [0.4, 0.5) is 0 Å². The molecule has 1 aliphatic rings. The molecule has 3 nitrogen and oxygen atoms in total. The summed E-state index contributed by atoms with van der Waals surface area (Å²) in [5, 5.41) is 3.02. The van der Waals surface area contributed by atoms with Crippen LogP contribution < -0.4 is 11.1 Å². The molecule has 3 rings (SSSR count). The molecule has 4 heteroatoms. The molecule has 0 fully saturated rings. The van der Waals surface area contributed by atoms with E-state index in [-0.39, 0.29) is 18.3 Å². The number of aryl methyl sites for hydroxylation is 1. The average Bonchev–Trinajstić information content (AvgIpc) is 2.97. The zero-order valence-corrected chi connectivity index (χ0v) is 13.9. The summed E-state index contributed by atoms with van der Waals surface area (Å²) in [6.07, 6.45) is 2.79. The molecule has 122 valence electrons. The van der Waals surface area contributed by atoms with Gasteiger partial charge in [-0.15, -0.1) is 12.4 Å². The minimum absolute atomic E-state index is 0. The lowest BCUT2D eigenvalue weighted by atomic mass is 10.0. The first-order valence-electron chi connectivity index (χ1n) is 7.89. The molecule has 3 N–H and O–H groups in total. The van der Waals surface area contributed by atoms with E-state index in [2.05, 4.69) is 29.6 Å². The quantitative estimate of drug-likeness (QED) is 0.885. The Hall–Kier alpha value is -1.84. The van der Waals surface area contributed by atoms with E-state index in [4.69, 9.17) is 5.73 Å². The fourth-order valence-electron chi connectivity index (χ4n) is 3.17. The first kappa shape index (κ1) is 17.5. The lowest BCUT2D eigenvalue weighted by molar-refractivity contribution is -0.122. The number of carbonyl (C=O) groups is 1. The van der Waals surface area contributed by atoms with Gasteiger partial charge in [-0.05, 0) is 36.0 Å². The lowest BCUT2D eigenvalue weighted by Crippen LogP contribution is -2.43. The van der Waals surface area contributed by atoms with Gasteiger partial charge >= 0.3 is 0 Å². The highest BCUT2D eigenvalue weighted by atomic mass is 35.5. The van der Waals surface area contributed by atoms with E-state index in [0.717, 1.165) is 18.4 Å². The third-order valence-electron chi connectivity index (χ3n) is 4.41. The number of halogens is 1. The molecule has 2 atom stereocenters. The van der Waals surface area contributed by atoms with Crippen LogP contribution in [0.15, 0.2) is 54.6 Å². The Morgan fingerprint density at radius 2 is 1.83 bits per heavy atom. The van der Waals surface area contributed by atoms with Crippen molar-refractivity contribution in [3.05, 3.63) is 71.3 Å². The summed E-state index contributed by atoms with van der Waals surface area (Å²) in [5.41, 5.74) is 9.90. The van der Waals surface area contributed by atoms with Crippen LogP contribution in [-0.4, -0.2) is 18.5 Å². The predicted octanol–water partition coefficient (Wildman–Crippen LogP) is 2.82. The van der Waals surface area contributed by atoms with Crippen molar-refractivity contribution in [1.82, 2.24) is 5.32 Å². The van der Waals surface area contributed by atoms with Gasteiger partial charge in [0.05, 0.1) is 6.04 Å². The molecule has 0 radical (unpaired) electrons. The maximum absolute atomic E-state index is 12.2. The third-order valence-corrected chi connectivity index (χ3v) is 4.41. The van der Waals surface area contributed by atoms with Gasteiger partial charge in [0.1, 0.15) is 0 Å². The molecule has 0 heterocycles. The van der Waals surface area contributed by atoms with Crippen LogP contribution in [0.5, 0.6) is 0 Å². The van der Waals surface area contributed by atoms with Crippen LogP contribution >= 0.6 is 12.4 Å². The number of fused-ring (bicyclic) bond motifs is 1. The van der Waals surface area contributed by atoms with Gasteiger partial charge in [0.25, 0.3) is 0 Å². The van der Waals surface area contributed by atoms with Crippen molar-refractivity contribution in [3.63, 3.8) is 0 Å². The van der Waals surface area contributed by atoms with Gasteiger partial charge in [-0.3, -0.25) is 4.79 Å². The molecular formula is C19H23ClN2O. The van der Waals surface area contributed by atoms with Crippen molar-refractivity contribution < 1.29 is 4.79 Å². The lowest BCUT2D eigenvalue weighted by Gasteiger charge is -2.16. The second-order valence-electron chi connectivity index (χ2n) is 5.98. The van der Waals surface area contributed by atoms with Crippen molar-refractivity contribution in [1.29, 1.82) is 0 Å². The maximum atomic E-state index is 12.2. The van der Waals surface area contributed by atoms with E-state index in [1.54, 1.807) is 0 Å². The zero-order chi connectivity index (χ0) is 15.4. The van der Waals surface area contributed by atoms with Crippen molar-refractivity contribution in [2.45, 2.75) is 31.2 Å². The van der Waals surface area contributed by atoms with Crippen LogP contribution in [0.25, 0.3) is 0 Å². The Bertz CT molecular complexity index is 645. The summed E-state index contributed by atoms with van der Waals surface area (Å²) >= 11 is 0. The summed E-state index contributed by atoms with van der Waals surface area (Å²) in [6, 6.07) is 17.9. The fraction of sp³-hybridized carbons (Fsp3) is 0.316. The highest BCUT2D eigenvalue weighted by Gasteiger charge is 2.23. The molecular weight excluding hydrogens is 308 g/mol. The van der Waals surface area contributed by atoms with E-state index < -0.39 is 6.04 Å². The smallest absolute Gasteiger partial charge is 0.237 e. The normalized spacial score (nSPS) is 17.0. The molecule has 0 aromatic heterocycles. The SMILES string of the molecule is Cl.N[C@@H](Cc1ccccc1)C(=O)NCC1CCc2ccccc21. The molecule has 0 saturated carbocycles. The van der Waals surface area contributed by atoms with Crippen molar-refractivity contribution in [2.24, 2.45) is 5.73 Å². The largest absolute Gasteiger partial charge is 0.354 e. The minimum atomic E-state index is -0.487. The highest BCUT2D eigenvalue weighted by Crippen LogP contribution is 2.32. The van der Waals surface area contributed by atoms with Crippen LogP contribution in [0, 0.1) is 0 Å². The number of nitrogens with one attached hydrogen (secondary N) is 1. The minimum Gasteiger partial charge on any atom is -0.354 e. The van der Waals surface area contributed by atoms with Crippen molar-refractivity contribution in [2.75, 3.05) is 6.54 Å². The first-order chi connectivity index (χ1) is 10.7. The fourth-order valence-corrected chi connectivity index (χ4v) is 3.17. The van der Waals surface area contributed by atoms with Gasteiger partial charge in [-0.1, -0.05) is 54.6 Å². The molecule has 0 spiro atoms. The number of nitrogens with two attached hydrogens (primary N) is 1. The summed E-state index contributed by atoms with van der Waals surface area (Å²) in [6.45, 7) is 0.679. The number of hydrogen-bond donors (Lipinski definition) is 2. The molecule has 1 amide bonds. The first-order valence-corrected chi connectivity index (χ1v) is 7.89. The van der Waals surface area contributed by atoms with Crippen molar-refractivity contribution in [3.8, 4) is 0 Å². The third kappa shape index (κ3) is 4.34. The summed E-state index contributed by atoms with van der Waals surface area (Å²) < 4.78 is 0. The van der Waals surface area contributed by atoms with Gasteiger partial charge in [0.15, 0.2) is 0 Å². The van der Waals surface area contributed by atoms with E-state index >= 15 is 0 Å². The Labute approximate surface area is 143 Å². The molecule has 0 aliphatic heterocycles. The second kappa shape index (κ2) is 8.14. The van der Waals surface area contributed by atoms with Gasteiger partial charge in [-0.2, -0.15) is 0 Å². The van der Waals surface area contributed by atoms with Gasteiger partial charge in [-0.25, -0.2) is 0 Å². The van der Waals surface area contributed by atoms with E-state index in [1.807, 2.05) is 30.3 Å². The molecule has 1 unspecified atom stereocenters. The van der Waals surface area contributed by atoms with Gasteiger partial charge in [0.2, 0.25) is 5.91 Å². The van der Waals surface area contributed by atoms with E-state index in [1.165, 1.54) is 11.1 Å². The standard InChI is InChI=1S/C19H22N2O.ClH/c20-18(12-14-6-2-1-3-7-14)19(22)21-13-16-11-10-15-8-4-5-9-17(15)16;/h1-9,16,18H,10-13,20H2,(H,21,22);1H/t16?,18-;/m0./s1. The van der Waals surface area contributed by atoms with Crippen LogP contribution in [0.2, 0.25) is 0 Å². The van der Waals surface area contributed by atoms with Gasteiger partial charge in [0, 0.05) is 12.5 Å². The molecule has 2 aromatic carbocycles. The van der Waals surface area contributed by atoms with Crippen LogP contribution in [0.1, 0.15) is 29.0 Å². The second-order valence-corrected chi connectivity index (χ2v) is 5.98. The Morgan fingerprint density at radius 3 is 2.61 bits per heavy atom. The Morgan fingerprint density at radius 1 is 1.13 bits per heavy atom. The number of carbonyl (C=O) groups excluding carboxylic acids is 1. The van der Waals surface area contributed by atoms with E-state index in [0.29, 0.717) is 18.9 Å². The Balaban J connectivity index is 0.00000192. The number of rotatable bonds is 5. The average molecular weight is 331 g/mol. The topological polar surface area (TPSA) is 55.1 Å². The predicted molar refractivity (Wildman–Crippen MR) is 95.9 cm³/mol. The summed E-state index contributed by atoms with van der Waals surface area (Å²) in [5.74, 6) is 0.359. The highest BCUT2D eigenvalue weighted by molar-refractivity contribution is 5.85. The molecule has 1 aliphatic carbocycles. The zero-order valence-electron chi connectivity index (χ0n) is 13.1. The molecule has 0 saturated heterocycles. The van der Waals surface area contributed by atoms with Crippen LogP contribution in [-0.2, 0) is 17.6 Å². The number of amides is 1. The van der Waals surface area contributed by atoms with Gasteiger partial charge < -0.3 is 11.1 Å². The molecule has 2 aromatic rings. The maximum Gasteiger partial charge on any atom is 0.237 e. The summed E-state index contributed by atoms with van der Waals surface area (Å²) in [4.78, 5) is 12.2. The summed E-state index contributed by atoms with van der Waals surface area (Å²) in [7, 11) is 0. The van der Waals surface area contributed by atoms with Crippen LogP contribution in [0.3, 0.4) is 0 Å².